The highest BCUT2D eigenvalue weighted by Crippen LogP contribution is 2.49. The molecule has 0 fully saturated rings. The van der Waals surface area contributed by atoms with Crippen LogP contribution in [0.25, 0.3) is 0 Å². The van der Waals surface area contributed by atoms with Crippen molar-refractivity contribution in [3.05, 3.63) is 46.5 Å². The minimum absolute atomic E-state index is 0.136. The van der Waals surface area contributed by atoms with Crippen LogP contribution in [-0.4, -0.2) is 33.0 Å². The Balaban J connectivity index is 1.80. The van der Waals surface area contributed by atoms with E-state index in [1.807, 2.05) is 13.0 Å². The number of rotatable bonds is 6. The highest BCUT2D eigenvalue weighted by molar-refractivity contribution is 6.33. The lowest BCUT2D eigenvalue weighted by Crippen LogP contribution is -2.34. The van der Waals surface area contributed by atoms with Gasteiger partial charge in [-0.1, -0.05) is 23.7 Å². The zero-order chi connectivity index (χ0) is 18.7. The molecule has 3 rings (SSSR count). The zero-order valence-corrected chi connectivity index (χ0v) is 15.6. The highest BCUT2D eigenvalue weighted by Gasteiger charge is 2.27. The lowest BCUT2D eigenvalue weighted by Gasteiger charge is -2.19. The van der Waals surface area contributed by atoms with Gasteiger partial charge < -0.3 is 24.3 Å². The summed E-state index contributed by atoms with van der Waals surface area (Å²) in [6.45, 7) is 2.04. The minimum atomic E-state index is -0.227. The second-order valence-corrected chi connectivity index (χ2v) is 6.30. The Hall–Kier alpha value is -2.60. The largest absolute Gasteiger partial charge is 0.492 e. The van der Waals surface area contributed by atoms with Crippen LogP contribution in [0.1, 0.15) is 22.8 Å². The molecule has 6 nitrogen and oxygen atoms in total. The van der Waals surface area contributed by atoms with Gasteiger partial charge in [0.15, 0.2) is 11.5 Å². The van der Waals surface area contributed by atoms with Crippen molar-refractivity contribution in [2.24, 2.45) is 0 Å². The summed E-state index contributed by atoms with van der Waals surface area (Å²) in [5.41, 5.74) is 1.29. The van der Waals surface area contributed by atoms with Crippen LogP contribution in [0, 0.1) is 0 Å². The van der Waals surface area contributed by atoms with Gasteiger partial charge in [-0.25, -0.2) is 0 Å². The van der Waals surface area contributed by atoms with E-state index >= 15 is 0 Å². The van der Waals surface area contributed by atoms with Crippen molar-refractivity contribution in [2.45, 2.75) is 19.4 Å². The van der Waals surface area contributed by atoms with Crippen LogP contribution < -0.4 is 24.3 Å². The van der Waals surface area contributed by atoms with Crippen LogP contribution in [0.4, 0.5) is 0 Å². The predicted octanol–water partition coefficient (Wildman–Crippen LogP) is 3.45. The smallest absolute Gasteiger partial charge is 0.253 e. The molecule has 0 aliphatic carbocycles. The van der Waals surface area contributed by atoms with E-state index in [-0.39, 0.29) is 18.7 Å². The van der Waals surface area contributed by atoms with E-state index in [4.69, 9.17) is 30.5 Å². The van der Waals surface area contributed by atoms with E-state index in [2.05, 4.69) is 5.32 Å². The van der Waals surface area contributed by atoms with Gasteiger partial charge in [0.2, 0.25) is 18.3 Å². The maximum absolute atomic E-state index is 12.4. The molecule has 1 heterocycles. The number of hydrogen-bond donors (Lipinski definition) is 1. The van der Waals surface area contributed by atoms with Gasteiger partial charge in [0.05, 0.1) is 24.8 Å². The van der Waals surface area contributed by atoms with E-state index in [0.717, 1.165) is 5.56 Å². The summed E-state index contributed by atoms with van der Waals surface area (Å²) in [4.78, 5) is 12.4. The lowest BCUT2D eigenvalue weighted by molar-refractivity contribution is 0.0940. The van der Waals surface area contributed by atoms with Crippen molar-refractivity contribution in [1.29, 1.82) is 0 Å². The third-order valence-electron chi connectivity index (χ3n) is 4.08. The van der Waals surface area contributed by atoms with Crippen LogP contribution in [0.15, 0.2) is 30.3 Å². The number of methoxy groups -OCH3 is 2. The maximum Gasteiger partial charge on any atom is 0.253 e. The van der Waals surface area contributed by atoms with Gasteiger partial charge in [-0.3, -0.25) is 4.79 Å². The standard InChI is InChI=1S/C19H20ClNO5/c1-11(21-19(22)13-6-4-5-7-14(13)20)8-12-9-15-17(26-10-25-15)18(24-3)16(12)23-2/h4-7,9,11H,8,10H2,1-3H3,(H,21,22)/t11-/m0/s1. The average Bonchev–Trinajstić information content (AvgIpc) is 3.08. The number of ether oxygens (including phenoxy) is 4. The molecule has 7 heteroatoms. The normalized spacial score (nSPS) is 13.2. The van der Waals surface area contributed by atoms with Gasteiger partial charge in [0.1, 0.15) is 0 Å². The van der Waals surface area contributed by atoms with Gasteiger partial charge >= 0.3 is 0 Å². The first kappa shape index (κ1) is 18.2. The Kier molecular flexibility index (Phi) is 5.42. The summed E-state index contributed by atoms with van der Waals surface area (Å²) in [5, 5.41) is 3.37. The maximum atomic E-state index is 12.4. The SMILES string of the molecule is COc1c(C[C@H](C)NC(=O)c2ccccc2Cl)cc2c(c1OC)OCO2. The van der Waals surface area contributed by atoms with Crippen molar-refractivity contribution in [3.63, 3.8) is 0 Å². The Morgan fingerprint density at radius 2 is 1.96 bits per heavy atom. The Morgan fingerprint density at radius 1 is 1.23 bits per heavy atom. The molecule has 1 aliphatic heterocycles. The molecule has 0 saturated carbocycles. The second-order valence-electron chi connectivity index (χ2n) is 5.89. The first-order valence-corrected chi connectivity index (χ1v) is 8.51. The topological polar surface area (TPSA) is 66.0 Å². The fraction of sp³-hybridized carbons (Fsp3) is 0.316. The predicted molar refractivity (Wildman–Crippen MR) is 97.8 cm³/mol. The molecule has 1 N–H and O–H groups in total. The average molecular weight is 378 g/mol. The molecule has 0 aromatic heterocycles. The molecular weight excluding hydrogens is 358 g/mol. The fourth-order valence-corrected chi connectivity index (χ4v) is 3.16. The van der Waals surface area contributed by atoms with E-state index in [1.165, 1.54) is 0 Å². The Morgan fingerprint density at radius 3 is 2.65 bits per heavy atom. The Bertz CT molecular complexity index is 824. The fourth-order valence-electron chi connectivity index (χ4n) is 2.93. The Labute approximate surface area is 157 Å². The quantitative estimate of drug-likeness (QED) is 0.835. The summed E-state index contributed by atoms with van der Waals surface area (Å²) in [6, 6.07) is 8.62. The van der Waals surface area contributed by atoms with E-state index in [1.54, 1.807) is 38.5 Å². The van der Waals surface area contributed by atoms with Crippen LogP contribution in [0.5, 0.6) is 23.0 Å². The first-order valence-electron chi connectivity index (χ1n) is 8.14. The second kappa shape index (κ2) is 7.74. The van der Waals surface area contributed by atoms with Gasteiger partial charge in [-0.2, -0.15) is 0 Å². The monoisotopic (exact) mass is 377 g/mol. The number of hydrogen-bond acceptors (Lipinski definition) is 5. The number of halogens is 1. The van der Waals surface area contributed by atoms with Crippen molar-refractivity contribution in [3.8, 4) is 23.0 Å². The van der Waals surface area contributed by atoms with Crippen LogP contribution in [0.2, 0.25) is 5.02 Å². The molecule has 1 atom stereocenters. The number of carbonyl (C=O) groups is 1. The third-order valence-corrected chi connectivity index (χ3v) is 4.41. The molecule has 138 valence electrons. The highest BCUT2D eigenvalue weighted by atomic mass is 35.5. The summed E-state index contributed by atoms with van der Waals surface area (Å²) in [6.07, 6.45) is 0.520. The number of amides is 1. The first-order chi connectivity index (χ1) is 12.5. The molecule has 2 aromatic rings. The van der Waals surface area contributed by atoms with Gasteiger partial charge in [0.25, 0.3) is 5.91 Å². The summed E-state index contributed by atoms with van der Waals surface area (Å²) in [7, 11) is 3.11. The third kappa shape index (κ3) is 3.51. The molecule has 1 aliphatic rings. The van der Waals surface area contributed by atoms with Crippen LogP contribution in [-0.2, 0) is 6.42 Å². The molecular formula is C19H20ClNO5. The summed E-state index contributed by atoms with van der Waals surface area (Å²) < 4.78 is 21.9. The molecule has 0 radical (unpaired) electrons. The molecule has 2 aromatic carbocycles. The molecule has 1 amide bonds. The van der Waals surface area contributed by atoms with Crippen molar-refractivity contribution < 1.29 is 23.7 Å². The zero-order valence-electron chi connectivity index (χ0n) is 14.8. The van der Waals surface area contributed by atoms with Gasteiger partial charge in [-0.05, 0) is 31.5 Å². The van der Waals surface area contributed by atoms with E-state index in [0.29, 0.717) is 40.0 Å². The van der Waals surface area contributed by atoms with E-state index in [9.17, 15) is 4.79 Å². The van der Waals surface area contributed by atoms with Gasteiger partial charge in [-0.15, -0.1) is 0 Å². The molecule has 26 heavy (non-hydrogen) atoms. The van der Waals surface area contributed by atoms with Crippen molar-refractivity contribution in [1.82, 2.24) is 5.32 Å². The molecule has 0 spiro atoms. The number of nitrogens with one attached hydrogen (secondary N) is 1. The molecule has 0 saturated heterocycles. The van der Waals surface area contributed by atoms with E-state index < -0.39 is 0 Å². The number of fused-ring (bicyclic) bond motifs is 1. The molecule has 0 unspecified atom stereocenters. The number of carbonyl (C=O) groups excluding carboxylic acids is 1. The lowest BCUT2D eigenvalue weighted by atomic mass is 10.0. The number of benzene rings is 2. The summed E-state index contributed by atoms with van der Waals surface area (Å²) in [5.74, 6) is 1.95. The minimum Gasteiger partial charge on any atom is -0.492 e. The van der Waals surface area contributed by atoms with Crippen molar-refractivity contribution >= 4 is 17.5 Å². The van der Waals surface area contributed by atoms with Gasteiger partial charge in [0, 0.05) is 11.6 Å². The van der Waals surface area contributed by atoms with Crippen LogP contribution in [0.3, 0.4) is 0 Å². The van der Waals surface area contributed by atoms with Crippen LogP contribution >= 0.6 is 11.6 Å². The molecule has 0 bridgehead atoms. The summed E-state index contributed by atoms with van der Waals surface area (Å²) >= 11 is 6.09. The van der Waals surface area contributed by atoms with Crippen molar-refractivity contribution in [2.75, 3.05) is 21.0 Å².